The van der Waals surface area contributed by atoms with Crippen LogP contribution in [0.1, 0.15) is 18.4 Å². The third-order valence-corrected chi connectivity index (χ3v) is 3.17. The molecule has 1 fully saturated rings. The van der Waals surface area contributed by atoms with Crippen molar-refractivity contribution in [3.63, 3.8) is 0 Å². The molecule has 1 saturated carbocycles. The second kappa shape index (κ2) is 6.45. The highest BCUT2D eigenvalue weighted by Gasteiger charge is 2.27. The Kier molecular flexibility index (Phi) is 5.56. The SMILES string of the molecule is NCc1ccc(Cl)c(Cl)c1.O=C(Cl)C1CC1. The van der Waals surface area contributed by atoms with Gasteiger partial charge < -0.3 is 5.73 Å². The van der Waals surface area contributed by atoms with Gasteiger partial charge in [0.15, 0.2) is 0 Å². The fraction of sp³-hybridized carbons (Fsp3) is 0.364. The summed E-state index contributed by atoms with van der Waals surface area (Å²) in [6, 6.07) is 5.37. The largest absolute Gasteiger partial charge is 0.326 e. The van der Waals surface area contributed by atoms with Crippen LogP contribution in [0.25, 0.3) is 0 Å². The predicted octanol–water partition coefficient (Wildman–Crippen LogP) is 3.61. The Morgan fingerprint density at radius 3 is 2.25 bits per heavy atom. The van der Waals surface area contributed by atoms with Crippen LogP contribution < -0.4 is 5.73 Å². The van der Waals surface area contributed by atoms with E-state index < -0.39 is 0 Å². The molecule has 88 valence electrons. The van der Waals surface area contributed by atoms with Crippen LogP contribution in [0.15, 0.2) is 18.2 Å². The maximum Gasteiger partial charge on any atom is 0.224 e. The molecule has 1 aromatic rings. The molecular weight excluding hydrogens is 268 g/mol. The molecule has 1 aliphatic rings. The lowest BCUT2D eigenvalue weighted by Gasteiger charge is -1.97. The van der Waals surface area contributed by atoms with Crippen molar-refractivity contribution in [1.29, 1.82) is 0 Å². The van der Waals surface area contributed by atoms with Gasteiger partial charge in [-0.15, -0.1) is 0 Å². The van der Waals surface area contributed by atoms with Crippen LogP contribution in [0.4, 0.5) is 0 Å². The van der Waals surface area contributed by atoms with Crippen molar-refractivity contribution in [3.05, 3.63) is 33.8 Å². The number of hydrogen-bond donors (Lipinski definition) is 1. The molecule has 0 unspecified atom stereocenters. The number of halogens is 3. The third kappa shape index (κ3) is 4.71. The Morgan fingerprint density at radius 2 is 1.94 bits per heavy atom. The summed E-state index contributed by atoms with van der Waals surface area (Å²) in [6.07, 6.45) is 2.03. The molecule has 0 bridgehead atoms. The van der Waals surface area contributed by atoms with Gasteiger partial charge in [0.1, 0.15) is 0 Å². The summed E-state index contributed by atoms with van der Waals surface area (Å²) < 4.78 is 0. The summed E-state index contributed by atoms with van der Waals surface area (Å²) >= 11 is 16.4. The first kappa shape index (κ1) is 13.8. The summed E-state index contributed by atoms with van der Waals surface area (Å²) in [5.74, 6) is 0.228. The van der Waals surface area contributed by atoms with Crippen molar-refractivity contribution >= 4 is 40.0 Å². The minimum atomic E-state index is -0.157. The molecule has 0 heterocycles. The van der Waals surface area contributed by atoms with Crippen LogP contribution in [-0.2, 0) is 11.3 Å². The molecule has 5 heteroatoms. The monoisotopic (exact) mass is 279 g/mol. The zero-order valence-corrected chi connectivity index (χ0v) is 10.8. The maximum atomic E-state index is 9.97. The lowest BCUT2D eigenvalue weighted by Crippen LogP contribution is -1.95. The summed E-state index contributed by atoms with van der Waals surface area (Å²) in [5, 5.41) is 0.971. The van der Waals surface area contributed by atoms with Gasteiger partial charge in [-0.25, -0.2) is 0 Å². The first-order valence-corrected chi connectivity index (χ1v) is 6.01. The first-order chi connectivity index (χ1) is 7.54. The van der Waals surface area contributed by atoms with Gasteiger partial charge in [0.05, 0.1) is 10.0 Å². The number of rotatable bonds is 2. The van der Waals surface area contributed by atoms with Gasteiger partial charge in [-0.2, -0.15) is 0 Å². The predicted molar refractivity (Wildman–Crippen MR) is 67.9 cm³/mol. The number of carbonyl (C=O) groups is 1. The van der Waals surface area contributed by atoms with Gasteiger partial charge in [0, 0.05) is 12.5 Å². The van der Waals surface area contributed by atoms with Gasteiger partial charge in [-0.1, -0.05) is 29.3 Å². The Labute approximate surface area is 110 Å². The average molecular weight is 281 g/mol. The molecule has 0 amide bonds. The molecule has 0 aliphatic heterocycles. The molecular formula is C11H12Cl3NO. The standard InChI is InChI=1S/C7H7Cl2N.C4H5ClO/c8-6-2-1-5(4-10)3-7(6)9;5-4(6)3-1-2-3/h1-3H,4,10H2;3H,1-2H2. The molecule has 0 radical (unpaired) electrons. The van der Waals surface area contributed by atoms with Crippen LogP contribution in [0, 0.1) is 5.92 Å². The summed E-state index contributed by atoms with van der Waals surface area (Å²) in [6.45, 7) is 0.497. The molecule has 2 nitrogen and oxygen atoms in total. The van der Waals surface area contributed by atoms with Crippen LogP contribution in [0.2, 0.25) is 10.0 Å². The molecule has 2 rings (SSSR count). The lowest BCUT2D eigenvalue weighted by atomic mass is 10.2. The molecule has 16 heavy (non-hydrogen) atoms. The Morgan fingerprint density at radius 1 is 1.31 bits per heavy atom. The first-order valence-electron chi connectivity index (χ1n) is 4.88. The second-order valence-corrected chi connectivity index (χ2v) is 4.72. The van der Waals surface area contributed by atoms with Gasteiger partial charge in [-0.3, -0.25) is 4.79 Å². The van der Waals surface area contributed by atoms with E-state index in [1.165, 1.54) is 0 Å². The van der Waals surface area contributed by atoms with Crippen LogP contribution in [-0.4, -0.2) is 5.24 Å². The Balaban J connectivity index is 0.000000181. The summed E-state index contributed by atoms with van der Waals surface area (Å²) in [5.41, 5.74) is 6.36. The fourth-order valence-corrected chi connectivity index (χ4v) is 1.52. The Bertz CT molecular complexity index is 377. The van der Waals surface area contributed by atoms with E-state index in [1.807, 2.05) is 6.07 Å². The number of carbonyl (C=O) groups excluding carboxylic acids is 1. The second-order valence-electron chi connectivity index (χ2n) is 3.53. The highest BCUT2D eigenvalue weighted by atomic mass is 35.5. The molecule has 0 atom stereocenters. The molecule has 0 spiro atoms. The van der Waals surface area contributed by atoms with E-state index in [1.54, 1.807) is 12.1 Å². The van der Waals surface area contributed by atoms with Crippen molar-refractivity contribution in [2.24, 2.45) is 11.7 Å². The van der Waals surface area contributed by atoms with Crippen LogP contribution >= 0.6 is 34.8 Å². The summed E-state index contributed by atoms with van der Waals surface area (Å²) in [7, 11) is 0. The lowest BCUT2D eigenvalue weighted by molar-refractivity contribution is -0.112. The zero-order chi connectivity index (χ0) is 12.1. The van der Waals surface area contributed by atoms with E-state index in [-0.39, 0.29) is 11.2 Å². The van der Waals surface area contributed by atoms with Gasteiger partial charge in [0.25, 0.3) is 0 Å². The fourth-order valence-electron chi connectivity index (χ4n) is 0.977. The van der Waals surface area contributed by atoms with Crippen LogP contribution in [0.3, 0.4) is 0 Å². The van der Waals surface area contributed by atoms with Crippen LogP contribution in [0.5, 0.6) is 0 Å². The van der Waals surface area contributed by atoms with Crippen molar-refractivity contribution < 1.29 is 4.79 Å². The number of hydrogen-bond acceptors (Lipinski definition) is 2. The third-order valence-electron chi connectivity index (χ3n) is 2.12. The normalized spacial score (nSPS) is 14.0. The summed E-state index contributed by atoms with van der Waals surface area (Å²) in [4.78, 5) is 9.97. The number of benzene rings is 1. The van der Waals surface area contributed by atoms with Crippen molar-refractivity contribution in [2.45, 2.75) is 19.4 Å². The highest BCUT2D eigenvalue weighted by molar-refractivity contribution is 6.64. The molecule has 1 aliphatic carbocycles. The quantitative estimate of drug-likeness (QED) is 0.841. The van der Waals surface area contributed by atoms with Crippen molar-refractivity contribution in [3.8, 4) is 0 Å². The minimum absolute atomic E-state index is 0.157. The smallest absolute Gasteiger partial charge is 0.224 e. The molecule has 0 aromatic heterocycles. The minimum Gasteiger partial charge on any atom is -0.326 e. The number of nitrogens with two attached hydrogens (primary N) is 1. The topological polar surface area (TPSA) is 43.1 Å². The van der Waals surface area contributed by atoms with Gasteiger partial charge in [0.2, 0.25) is 5.24 Å². The Hall–Kier alpha value is -0.280. The average Bonchev–Trinajstić information content (AvgIpc) is 3.06. The van der Waals surface area contributed by atoms with E-state index in [9.17, 15) is 4.79 Å². The van der Waals surface area contributed by atoms with E-state index in [0.717, 1.165) is 18.4 Å². The van der Waals surface area contributed by atoms with Crippen molar-refractivity contribution in [2.75, 3.05) is 0 Å². The van der Waals surface area contributed by atoms with Gasteiger partial charge >= 0.3 is 0 Å². The molecule has 0 saturated heterocycles. The molecule has 1 aromatic carbocycles. The van der Waals surface area contributed by atoms with E-state index in [0.29, 0.717) is 16.6 Å². The van der Waals surface area contributed by atoms with Gasteiger partial charge in [-0.05, 0) is 42.1 Å². The maximum absolute atomic E-state index is 9.97. The van der Waals surface area contributed by atoms with E-state index in [4.69, 9.17) is 40.5 Å². The van der Waals surface area contributed by atoms with E-state index in [2.05, 4.69) is 0 Å². The van der Waals surface area contributed by atoms with Crippen molar-refractivity contribution in [1.82, 2.24) is 0 Å². The molecule has 2 N–H and O–H groups in total. The van der Waals surface area contributed by atoms with E-state index >= 15 is 0 Å². The zero-order valence-electron chi connectivity index (χ0n) is 8.55. The highest BCUT2D eigenvalue weighted by Crippen LogP contribution is 2.30.